The maximum atomic E-state index is 8.80. The quantitative estimate of drug-likeness (QED) is 0.833. The first-order valence-corrected chi connectivity index (χ1v) is 6.90. The molecule has 2 nitrogen and oxygen atoms in total. The molecule has 2 atom stereocenters. The molecule has 0 aromatic carbocycles. The Kier molecular flexibility index (Phi) is 6.08. The van der Waals surface area contributed by atoms with Crippen LogP contribution in [0.3, 0.4) is 0 Å². The molecule has 1 aromatic heterocycles. The lowest BCUT2D eigenvalue weighted by molar-refractivity contribution is 0.258. The second kappa shape index (κ2) is 6.82. The number of aliphatic hydroxyl groups is 1. The summed E-state index contributed by atoms with van der Waals surface area (Å²) >= 11 is 13.4. The molecule has 0 amide bonds. The van der Waals surface area contributed by atoms with E-state index >= 15 is 0 Å². The lowest BCUT2D eigenvalue weighted by atomic mass is 10.1. The Balaban J connectivity index is 2.46. The Morgan fingerprint density at radius 2 is 2.12 bits per heavy atom. The molecule has 0 spiro atoms. The van der Waals surface area contributed by atoms with Crippen molar-refractivity contribution in [2.24, 2.45) is 5.92 Å². The van der Waals surface area contributed by atoms with Crippen LogP contribution in [0.15, 0.2) is 6.07 Å². The number of rotatable bonds is 6. The highest BCUT2D eigenvalue weighted by Gasteiger charge is 2.13. The van der Waals surface area contributed by atoms with Crippen LogP contribution in [-0.4, -0.2) is 18.3 Å². The summed E-state index contributed by atoms with van der Waals surface area (Å²) in [5.74, 6) is 0.459. The highest BCUT2D eigenvalue weighted by Crippen LogP contribution is 2.34. The Labute approximate surface area is 111 Å². The van der Waals surface area contributed by atoms with Crippen LogP contribution in [0.5, 0.6) is 0 Å². The van der Waals surface area contributed by atoms with E-state index in [0.29, 0.717) is 5.92 Å². The van der Waals surface area contributed by atoms with Crippen molar-refractivity contribution in [3.8, 4) is 0 Å². The van der Waals surface area contributed by atoms with E-state index in [4.69, 9.17) is 28.3 Å². The molecule has 1 aromatic rings. The normalized spacial score (nSPS) is 15.1. The van der Waals surface area contributed by atoms with E-state index in [1.165, 1.54) is 11.3 Å². The monoisotopic (exact) mass is 281 g/mol. The summed E-state index contributed by atoms with van der Waals surface area (Å²) in [5.41, 5.74) is 1.05. The van der Waals surface area contributed by atoms with Crippen molar-refractivity contribution < 1.29 is 5.11 Å². The molecular formula is C11H17Cl2NOS. The van der Waals surface area contributed by atoms with E-state index in [-0.39, 0.29) is 12.6 Å². The Morgan fingerprint density at radius 1 is 1.44 bits per heavy atom. The lowest BCUT2D eigenvalue weighted by Crippen LogP contribution is -2.24. The molecule has 16 heavy (non-hydrogen) atoms. The molecule has 5 heteroatoms. The third-order valence-electron chi connectivity index (χ3n) is 2.54. The minimum atomic E-state index is 0.192. The van der Waals surface area contributed by atoms with Gasteiger partial charge in [0.25, 0.3) is 0 Å². The van der Waals surface area contributed by atoms with Crippen LogP contribution < -0.4 is 5.32 Å². The SMILES string of the molecule is CC(CCO)CNC(C)c1cc(Cl)sc1Cl. The Hall–Kier alpha value is 0.200. The molecule has 0 aliphatic carbocycles. The molecule has 1 heterocycles. The zero-order valence-electron chi connectivity index (χ0n) is 9.46. The fourth-order valence-corrected chi connectivity index (χ4v) is 3.10. The van der Waals surface area contributed by atoms with Crippen LogP contribution in [0.2, 0.25) is 8.67 Å². The fraction of sp³-hybridized carbons (Fsp3) is 0.636. The third kappa shape index (κ3) is 4.22. The predicted octanol–water partition coefficient (Wildman–Crippen LogP) is 3.72. The van der Waals surface area contributed by atoms with Gasteiger partial charge in [-0.05, 0) is 37.4 Å². The van der Waals surface area contributed by atoms with Gasteiger partial charge in [0.2, 0.25) is 0 Å². The van der Waals surface area contributed by atoms with Gasteiger partial charge < -0.3 is 10.4 Å². The summed E-state index contributed by atoms with van der Waals surface area (Å²) in [6.45, 7) is 5.28. The van der Waals surface area contributed by atoms with Gasteiger partial charge in [0, 0.05) is 12.6 Å². The minimum absolute atomic E-state index is 0.192. The molecule has 0 radical (unpaired) electrons. The van der Waals surface area contributed by atoms with Gasteiger partial charge in [0.05, 0.1) is 8.67 Å². The zero-order chi connectivity index (χ0) is 12.1. The average Bonchev–Trinajstić information content (AvgIpc) is 2.55. The van der Waals surface area contributed by atoms with Crippen molar-refractivity contribution in [2.45, 2.75) is 26.3 Å². The van der Waals surface area contributed by atoms with Crippen LogP contribution >= 0.6 is 34.5 Å². The fourth-order valence-electron chi connectivity index (χ4n) is 1.46. The molecule has 92 valence electrons. The van der Waals surface area contributed by atoms with Crippen molar-refractivity contribution in [1.82, 2.24) is 5.32 Å². The maximum Gasteiger partial charge on any atom is 0.0991 e. The summed E-state index contributed by atoms with van der Waals surface area (Å²) in [6.07, 6.45) is 0.817. The van der Waals surface area contributed by atoms with E-state index in [0.717, 1.165) is 27.2 Å². The summed E-state index contributed by atoms with van der Waals surface area (Å²) in [7, 11) is 0. The lowest BCUT2D eigenvalue weighted by Gasteiger charge is -2.16. The summed E-state index contributed by atoms with van der Waals surface area (Å²) < 4.78 is 1.47. The van der Waals surface area contributed by atoms with Crippen LogP contribution in [-0.2, 0) is 0 Å². The van der Waals surface area contributed by atoms with Gasteiger partial charge >= 0.3 is 0 Å². The summed E-state index contributed by atoms with van der Waals surface area (Å²) in [5, 5.41) is 12.2. The third-order valence-corrected chi connectivity index (χ3v) is 4.06. The molecular weight excluding hydrogens is 265 g/mol. The standard InChI is InChI=1S/C11H17Cl2NOS/c1-7(3-4-15)6-14-8(2)9-5-10(12)16-11(9)13/h5,7-8,14-15H,3-4,6H2,1-2H3. The molecule has 2 unspecified atom stereocenters. The van der Waals surface area contributed by atoms with Gasteiger partial charge in [-0.15, -0.1) is 11.3 Å². The van der Waals surface area contributed by atoms with Gasteiger partial charge in [-0.25, -0.2) is 0 Å². The second-order valence-electron chi connectivity index (χ2n) is 4.03. The van der Waals surface area contributed by atoms with Crippen molar-refractivity contribution in [1.29, 1.82) is 0 Å². The van der Waals surface area contributed by atoms with E-state index in [9.17, 15) is 0 Å². The van der Waals surface area contributed by atoms with Crippen molar-refractivity contribution >= 4 is 34.5 Å². The van der Waals surface area contributed by atoms with Crippen LogP contribution in [0.1, 0.15) is 31.9 Å². The number of nitrogens with one attached hydrogen (secondary N) is 1. The van der Waals surface area contributed by atoms with Crippen molar-refractivity contribution in [3.63, 3.8) is 0 Å². The largest absolute Gasteiger partial charge is 0.396 e. The number of halogens is 2. The van der Waals surface area contributed by atoms with Crippen LogP contribution in [0.4, 0.5) is 0 Å². The summed E-state index contributed by atoms with van der Waals surface area (Å²) in [6, 6.07) is 2.10. The van der Waals surface area contributed by atoms with Gasteiger partial charge in [-0.3, -0.25) is 0 Å². The van der Waals surface area contributed by atoms with E-state index in [1.807, 2.05) is 6.07 Å². The summed E-state index contributed by atoms with van der Waals surface area (Å²) in [4.78, 5) is 0. The van der Waals surface area contributed by atoms with Crippen molar-refractivity contribution in [2.75, 3.05) is 13.2 Å². The second-order valence-corrected chi connectivity index (χ2v) is 6.31. The van der Waals surface area contributed by atoms with Gasteiger partial charge in [-0.1, -0.05) is 30.1 Å². The van der Waals surface area contributed by atoms with Crippen LogP contribution in [0.25, 0.3) is 0 Å². The van der Waals surface area contributed by atoms with Gasteiger partial charge in [0.1, 0.15) is 0 Å². The first-order chi connectivity index (χ1) is 7.54. The number of hydrogen-bond donors (Lipinski definition) is 2. The predicted molar refractivity (Wildman–Crippen MR) is 71.6 cm³/mol. The molecule has 0 fully saturated rings. The first-order valence-electron chi connectivity index (χ1n) is 5.33. The topological polar surface area (TPSA) is 32.3 Å². The Morgan fingerprint density at radius 3 is 2.62 bits per heavy atom. The molecule has 0 aliphatic heterocycles. The van der Waals surface area contributed by atoms with Crippen LogP contribution in [0, 0.1) is 5.92 Å². The highest BCUT2D eigenvalue weighted by atomic mass is 35.5. The number of aliphatic hydroxyl groups excluding tert-OH is 1. The molecule has 1 rings (SSSR count). The molecule has 0 saturated heterocycles. The van der Waals surface area contributed by atoms with Gasteiger partial charge in [0.15, 0.2) is 0 Å². The van der Waals surface area contributed by atoms with E-state index < -0.39 is 0 Å². The molecule has 0 aliphatic rings. The van der Waals surface area contributed by atoms with Gasteiger partial charge in [-0.2, -0.15) is 0 Å². The average molecular weight is 282 g/mol. The minimum Gasteiger partial charge on any atom is -0.396 e. The molecule has 0 bridgehead atoms. The Bertz CT molecular complexity index is 330. The first kappa shape index (κ1) is 14.3. The smallest absolute Gasteiger partial charge is 0.0991 e. The zero-order valence-corrected chi connectivity index (χ0v) is 11.8. The van der Waals surface area contributed by atoms with Crippen molar-refractivity contribution in [3.05, 3.63) is 20.3 Å². The molecule has 0 saturated carbocycles. The molecule has 2 N–H and O–H groups in total. The highest BCUT2D eigenvalue weighted by molar-refractivity contribution is 7.20. The maximum absolute atomic E-state index is 8.80. The van der Waals surface area contributed by atoms with E-state index in [1.54, 1.807) is 0 Å². The number of hydrogen-bond acceptors (Lipinski definition) is 3. The number of thiophene rings is 1. The van der Waals surface area contributed by atoms with E-state index in [2.05, 4.69) is 19.2 Å².